The van der Waals surface area contributed by atoms with Gasteiger partial charge in [-0.15, -0.1) is 0 Å². The highest BCUT2D eigenvalue weighted by Crippen LogP contribution is 2.23. The molecule has 0 atom stereocenters. The summed E-state index contributed by atoms with van der Waals surface area (Å²) >= 11 is 11.8. The van der Waals surface area contributed by atoms with Crippen molar-refractivity contribution >= 4 is 46.4 Å². The lowest BCUT2D eigenvalue weighted by Gasteiger charge is -2.08. The zero-order valence-corrected chi connectivity index (χ0v) is 15.0. The minimum atomic E-state index is -0.302. The normalized spacial score (nSPS) is 10.2. The van der Waals surface area contributed by atoms with E-state index in [2.05, 4.69) is 10.6 Å². The van der Waals surface area contributed by atoms with Crippen LogP contribution < -0.4 is 10.6 Å². The van der Waals surface area contributed by atoms with Crippen LogP contribution in [0.5, 0.6) is 0 Å². The maximum Gasteiger partial charge on any atom is 0.255 e. The van der Waals surface area contributed by atoms with Gasteiger partial charge < -0.3 is 10.6 Å². The fourth-order valence-electron chi connectivity index (χ4n) is 2.33. The molecular formula is C20H14Cl2N2O2. The second kappa shape index (κ2) is 8.04. The molecule has 2 amide bonds. The van der Waals surface area contributed by atoms with Crippen molar-refractivity contribution in [3.63, 3.8) is 0 Å². The molecule has 3 aromatic rings. The van der Waals surface area contributed by atoms with Crippen LogP contribution in [0.4, 0.5) is 11.4 Å². The third kappa shape index (κ3) is 4.63. The SMILES string of the molecule is O=C(Nc1ccc(C(=O)Nc2cc(Cl)cc(Cl)c2)cc1)c1ccccc1. The van der Waals surface area contributed by atoms with Crippen LogP contribution >= 0.6 is 23.2 Å². The Morgan fingerprint density at radius 3 is 1.69 bits per heavy atom. The Kier molecular flexibility index (Phi) is 5.56. The minimum absolute atomic E-state index is 0.212. The summed E-state index contributed by atoms with van der Waals surface area (Å²) in [4.78, 5) is 24.4. The standard InChI is InChI=1S/C20H14Cl2N2O2/c21-15-10-16(22)12-18(11-15)24-20(26)14-6-8-17(9-7-14)23-19(25)13-4-2-1-3-5-13/h1-12H,(H,23,25)(H,24,26). The Balaban J connectivity index is 1.67. The lowest BCUT2D eigenvalue weighted by Crippen LogP contribution is -2.13. The highest BCUT2D eigenvalue weighted by atomic mass is 35.5. The van der Waals surface area contributed by atoms with Crippen LogP contribution in [0, 0.1) is 0 Å². The molecule has 0 unspecified atom stereocenters. The van der Waals surface area contributed by atoms with Gasteiger partial charge in [0.05, 0.1) is 0 Å². The second-order valence-electron chi connectivity index (χ2n) is 5.51. The van der Waals surface area contributed by atoms with Gasteiger partial charge in [-0.3, -0.25) is 9.59 Å². The van der Waals surface area contributed by atoms with E-state index in [4.69, 9.17) is 23.2 Å². The molecule has 0 radical (unpaired) electrons. The number of hydrogen-bond acceptors (Lipinski definition) is 2. The topological polar surface area (TPSA) is 58.2 Å². The molecule has 0 saturated carbocycles. The van der Waals surface area contributed by atoms with E-state index in [1.165, 1.54) is 0 Å². The first-order valence-electron chi connectivity index (χ1n) is 7.75. The molecule has 3 aromatic carbocycles. The Labute approximate surface area is 160 Å². The van der Waals surface area contributed by atoms with E-state index < -0.39 is 0 Å². The Bertz CT molecular complexity index is 922. The third-order valence-corrected chi connectivity index (χ3v) is 4.00. The zero-order chi connectivity index (χ0) is 18.5. The number of anilines is 2. The Morgan fingerprint density at radius 1 is 0.615 bits per heavy atom. The van der Waals surface area contributed by atoms with Gasteiger partial charge in [-0.1, -0.05) is 41.4 Å². The molecule has 26 heavy (non-hydrogen) atoms. The first-order valence-corrected chi connectivity index (χ1v) is 8.51. The van der Waals surface area contributed by atoms with Gasteiger partial charge in [0.15, 0.2) is 0 Å². The molecular weight excluding hydrogens is 371 g/mol. The summed E-state index contributed by atoms with van der Waals surface area (Å²) in [6.07, 6.45) is 0. The highest BCUT2D eigenvalue weighted by molar-refractivity contribution is 6.35. The average molecular weight is 385 g/mol. The summed E-state index contributed by atoms with van der Waals surface area (Å²) in [6.45, 7) is 0. The van der Waals surface area contributed by atoms with Gasteiger partial charge in [0.2, 0.25) is 0 Å². The predicted molar refractivity (Wildman–Crippen MR) is 105 cm³/mol. The van der Waals surface area contributed by atoms with Crippen LogP contribution in [-0.2, 0) is 0 Å². The summed E-state index contributed by atoms with van der Waals surface area (Å²) < 4.78 is 0. The maximum absolute atomic E-state index is 12.3. The van der Waals surface area contributed by atoms with Gasteiger partial charge >= 0.3 is 0 Å². The summed E-state index contributed by atoms with van der Waals surface area (Å²) in [5.41, 5.74) is 2.11. The number of hydrogen-bond donors (Lipinski definition) is 2. The molecule has 0 aliphatic heterocycles. The van der Waals surface area contributed by atoms with Crippen LogP contribution in [0.25, 0.3) is 0 Å². The summed E-state index contributed by atoms with van der Waals surface area (Å²) in [6, 6.07) is 20.3. The molecule has 0 spiro atoms. The van der Waals surface area contributed by atoms with Crippen molar-refractivity contribution in [2.45, 2.75) is 0 Å². The maximum atomic E-state index is 12.3. The molecule has 0 aliphatic carbocycles. The van der Waals surface area contributed by atoms with Crippen molar-refractivity contribution in [1.29, 1.82) is 0 Å². The number of carbonyl (C=O) groups is 2. The second-order valence-corrected chi connectivity index (χ2v) is 6.38. The van der Waals surface area contributed by atoms with Crippen LogP contribution in [0.15, 0.2) is 72.8 Å². The first kappa shape index (κ1) is 18.0. The van der Waals surface area contributed by atoms with Gasteiger partial charge in [-0.05, 0) is 54.6 Å². The van der Waals surface area contributed by atoms with E-state index in [-0.39, 0.29) is 11.8 Å². The lowest BCUT2D eigenvalue weighted by atomic mass is 10.1. The molecule has 0 fully saturated rings. The number of nitrogens with one attached hydrogen (secondary N) is 2. The molecule has 0 bridgehead atoms. The van der Waals surface area contributed by atoms with Crippen molar-refractivity contribution in [3.8, 4) is 0 Å². The Morgan fingerprint density at radius 2 is 1.12 bits per heavy atom. The van der Waals surface area contributed by atoms with Gasteiger partial charge in [0.25, 0.3) is 11.8 Å². The number of halogens is 2. The largest absolute Gasteiger partial charge is 0.322 e. The quantitative estimate of drug-likeness (QED) is 0.623. The van der Waals surface area contributed by atoms with Gasteiger partial charge in [0, 0.05) is 32.5 Å². The number of benzene rings is 3. The van der Waals surface area contributed by atoms with E-state index in [1.54, 1.807) is 66.7 Å². The van der Waals surface area contributed by atoms with Crippen molar-refractivity contribution in [2.24, 2.45) is 0 Å². The van der Waals surface area contributed by atoms with Crippen LogP contribution in [0.3, 0.4) is 0 Å². The molecule has 0 aliphatic rings. The fourth-order valence-corrected chi connectivity index (χ4v) is 2.85. The van der Waals surface area contributed by atoms with Crippen LogP contribution in [-0.4, -0.2) is 11.8 Å². The summed E-state index contributed by atoms with van der Waals surface area (Å²) in [5, 5.41) is 6.39. The van der Waals surface area contributed by atoms with Crippen LogP contribution in [0.2, 0.25) is 10.0 Å². The molecule has 6 heteroatoms. The van der Waals surface area contributed by atoms with Gasteiger partial charge in [-0.25, -0.2) is 0 Å². The molecule has 0 saturated heterocycles. The van der Waals surface area contributed by atoms with Gasteiger partial charge in [0.1, 0.15) is 0 Å². The molecule has 3 rings (SSSR count). The Hall–Kier alpha value is -2.82. The van der Waals surface area contributed by atoms with Gasteiger partial charge in [-0.2, -0.15) is 0 Å². The number of rotatable bonds is 4. The smallest absolute Gasteiger partial charge is 0.255 e. The predicted octanol–water partition coefficient (Wildman–Crippen LogP) is 5.50. The molecule has 0 aromatic heterocycles. The number of amides is 2. The van der Waals surface area contributed by atoms with E-state index >= 15 is 0 Å². The summed E-state index contributed by atoms with van der Waals surface area (Å²) in [7, 11) is 0. The van der Waals surface area contributed by atoms with Crippen molar-refractivity contribution in [2.75, 3.05) is 10.6 Å². The molecule has 0 heterocycles. The molecule has 4 nitrogen and oxygen atoms in total. The summed E-state index contributed by atoms with van der Waals surface area (Å²) in [5.74, 6) is -0.513. The van der Waals surface area contributed by atoms with E-state index in [9.17, 15) is 9.59 Å². The fraction of sp³-hybridized carbons (Fsp3) is 0. The van der Waals surface area contributed by atoms with Crippen molar-refractivity contribution in [3.05, 3.63) is 94.0 Å². The highest BCUT2D eigenvalue weighted by Gasteiger charge is 2.09. The van der Waals surface area contributed by atoms with E-state index in [0.717, 1.165) is 0 Å². The first-order chi connectivity index (χ1) is 12.5. The molecule has 130 valence electrons. The minimum Gasteiger partial charge on any atom is -0.322 e. The number of carbonyl (C=O) groups excluding carboxylic acids is 2. The average Bonchev–Trinajstić information content (AvgIpc) is 2.62. The zero-order valence-electron chi connectivity index (χ0n) is 13.5. The van der Waals surface area contributed by atoms with Crippen molar-refractivity contribution in [1.82, 2.24) is 0 Å². The van der Waals surface area contributed by atoms with Crippen LogP contribution in [0.1, 0.15) is 20.7 Å². The van der Waals surface area contributed by atoms with E-state index in [1.807, 2.05) is 6.07 Å². The lowest BCUT2D eigenvalue weighted by molar-refractivity contribution is 0.102. The monoisotopic (exact) mass is 384 g/mol. The molecule has 2 N–H and O–H groups in total. The van der Waals surface area contributed by atoms with E-state index in [0.29, 0.717) is 32.5 Å². The third-order valence-electron chi connectivity index (χ3n) is 3.56. The van der Waals surface area contributed by atoms with Crippen molar-refractivity contribution < 1.29 is 9.59 Å².